The van der Waals surface area contributed by atoms with Crippen LogP contribution in [0, 0.1) is 0 Å². The minimum absolute atomic E-state index is 0.00279. The van der Waals surface area contributed by atoms with Crippen molar-refractivity contribution < 1.29 is 4.79 Å². The van der Waals surface area contributed by atoms with Crippen molar-refractivity contribution in [3.8, 4) is 11.4 Å². The van der Waals surface area contributed by atoms with Crippen molar-refractivity contribution in [2.24, 2.45) is 0 Å². The molecule has 0 fully saturated rings. The van der Waals surface area contributed by atoms with Crippen molar-refractivity contribution in [3.05, 3.63) is 46.9 Å². The first kappa shape index (κ1) is 18.0. The lowest BCUT2D eigenvalue weighted by Gasteiger charge is -2.03. The Morgan fingerprint density at radius 2 is 2.16 bits per heavy atom. The number of aromatic amines is 1. The zero-order chi connectivity index (χ0) is 17.3. The maximum atomic E-state index is 11.9. The lowest BCUT2D eigenvalue weighted by molar-refractivity contribution is -0.118. The molecular weight excluding hydrogens is 374 g/mol. The molecule has 2 N–H and O–H groups in total. The van der Waals surface area contributed by atoms with E-state index in [-0.39, 0.29) is 5.91 Å². The van der Waals surface area contributed by atoms with Gasteiger partial charge in [0.1, 0.15) is 0 Å². The molecule has 0 radical (unpaired) electrons. The summed E-state index contributed by atoms with van der Waals surface area (Å²) in [7, 11) is 0. The first-order chi connectivity index (χ1) is 12.3. The first-order valence-electron chi connectivity index (χ1n) is 7.63. The Labute approximate surface area is 158 Å². The number of pyridine rings is 1. The van der Waals surface area contributed by atoms with Crippen LogP contribution in [0.4, 0.5) is 0 Å². The summed E-state index contributed by atoms with van der Waals surface area (Å²) >= 11 is 4.90. The minimum Gasteiger partial charge on any atom is -0.355 e. The standard InChI is InChI=1S/C16H17N5OS3/c22-14(18-7-9-23-10-13-2-1-8-24-13)11-25-16-19-15(20-21-16)12-3-5-17-6-4-12/h1-6,8H,7,9-11H2,(H,18,22)(H,19,20,21). The van der Waals surface area contributed by atoms with Gasteiger partial charge < -0.3 is 5.32 Å². The third-order valence-corrected chi connectivity index (χ3v) is 6.06. The summed E-state index contributed by atoms with van der Waals surface area (Å²) in [6.07, 6.45) is 3.41. The summed E-state index contributed by atoms with van der Waals surface area (Å²) in [4.78, 5) is 21.6. The van der Waals surface area contributed by atoms with Gasteiger partial charge in [-0.2, -0.15) is 11.8 Å². The van der Waals surface area contributed by atoms with E-state index in [2.05, 4.69) is 43.0 Å². The highest BCUT2D eigenvalue weighted by Crippen LogP contribution is 2.18. The fourth-order valence-electron chi connectivity index (χ4n) is 1.96. The number of nitrogens with zero attached hydrogens (tertiary/aromatic N) is 3. The number of amides is 1. The van der Waals surface area contributed by atoms with Crippen molar-refractivity contribution in [3.63, 3.8) is 0 Å². The largest absolute Gasteiger partial charge is 0.355 e. The molecule has 3 rings (SSSR count). The molecule has 0 aliphatic heterocycles. The zero-order valence-electron chi connectivity index (χ0n) is 13.3. The van der Waals surface area contributed by atoms with Crippen LogP contribution in [0.15, 0.2) is 47.2 Å². The molecule has 9 heteroatoms. The van der Waals surface area contributed by atoms with Crippen LogP contribution in [0.3, 0.4) is 0 Å². The number of aromatic nitrogens is 4. The summed E-state index contributed by atoms with van der Waals surface area (Å²) in [5.41, 5.74) is 0.918. The minimum atomic E-state index is -0.00279. The van der Waals surface area contributed by atoms with Crippen LogP contribution in [0.2, 0.25) is 0 Å². The Kier molecular flexibility index (Phi) is 6.89. The molecule has 25 heavy (non-hydrogen) atoms. The van der Waals surface area contributed by atoms with Crippen LogP contribution in [-0.4, -0.2) is 44.1 Å². The van der Waals surface area contributed by atoms with E-state index in [1.807, 2.05) is 23.9 Å². The van der Waals surface area contributed by atoms with Gasteiger partial charge in [0.25, 0.3) is 0 Å². The fourth-order valence-corrected chi connectivity index (χ4v) is 4.29. The van der Waals surface area contributed by atoms with Gasteiger partial charge in [0.2, 0.25) is 11.1 Å². The van der Waals surface area contributed by atoms with Crippen molar-refractivity contribution in [2.45, 2.75) is 10.9 Å². The molecule has 0 atom stereocenters. The van der Waals surface area contributed by atoms with Crippen LogP contribution in [-0.2, 0) is 10.5 Å². The molecule has 3 heterocycles. The van der Waals surface area contributed by atoms with E-state index in [1.165, 1.54) is 16.6 Å². The maximum absolute atomic E-state index is 11.9. The van der Waals surface area contributed by atoms with Gasteiger partial charge in [-0.1, -0.05) is 17.8 Å². The summed E-state index contributed by atoms with van der Waals surface area (Å²) in [5, 5.41) is 12.6. The molecule has 0 saturated heterocycles. The summed E-state index contributed by atoms with van der Waals surface area (Å²) < 4.78 is 0. The molecule has 0 aromatic carbocycles. The monoisotopic (exact) mass is 391 g/mol. The Hall–Kier alpha value is -1.84. The number of carbonyl (C=O) groups is 1. The highest BCUT2D eigenvalue weighted by Gasteiger charge is 2.08. The summed E-state index contributed by atoms with van der Waals surface area (Å²) in [5.74, 6) is 2.88. The van der Waals surface area contributed by atoms with E-state index >= 15 is 0 Å². The van der Waals surface area contributed by atoms with E-state index in [9.17, 15) is 4.79 Å². The Morgan fingerprint density at radius 1 is 1.28 bits per heavy atom. The van der Waals surface area contributed by atoms with Gasteiger partial charge in [-0.05, 0) is 23.6 Å². The summed E-state index contributed by atoms with van der Waals surface area (Å²) in [6.45, 7) is 0.672. The van der Waals surface area contributed by atoms with Crippen LogP contribution in [0.5, 0.6) is 0 Å². The van der Waals surface area contributed by atoms with Crippen LogP contribution in [0.25, 0.3) is 11.4 Å². The van der Waals surface area contributed by atoms with E-state index < -0.39 is 0 Å². The fraction of sp³-hybridized carbons (Fsp3) is 0.250. The number of carbonyl (C=O) groups excluding carboxylic acids is 1. The SMILES string of the molecule is O=C(CSc1n[nH]c(-c2ccncc2)n1)NCCSCc1cccs1. The number of rotatable bonds is 9. The van der Waals surface area contributed by atoms with E-state index in [0.717, 1.165) is 17.1 Å². The average molecular weight is 392 g/mol. The maximum Gasteiger partial charge on any atom is 0.230 e. The molecule has 0 unspecified atom stereocenters. The van der Waals surface area contributed by atoms with Gasteiger partial charge in [-0.3, -0.25) is 14.9 Å². The molecular formula is C16H17N5OS3. The molecule has 0 spiro atoms. The highest BCUT2D eigenvalue weighted by atomic mass is 32.2. The molecule has 0 bridgehead atoms. The second kappa shape index (κ2) is 9.59. The Morgan fingerprint density at radius 3 is 2.96 bits per heavy atom. The third kappa shape index (κ3) is 5.87. The molecule has 0 aliphatic carbocycles. The Bertz CT molecular complexity index is 776. The molecule has 1 amide bonds. The van der Waals surface area contributed by atoms with Crippen LogP contribution < -0.4 is 5.32 Å². The van der Waals surface area contributed by atoms with E-state index in [4.69, 9.17) is 0 Å². The van der Waals surface area contributed by atoms with E-state index in [1.54, 1.807) is 23.7 Å². The van der Waals surface area contributed by atoms with E-state index in [0.29, 0.717) is 23.3 Å². The van der Waals surface area contributed by atoms with Gasteiger partial charge in [0.15, 0.2) is 5.82 Å². The number of hydrogen-bond donors (Lipinski definition) is 2. The number of hydrogen-bond acceptors (Lipinski definition) is 7. The number of H-pyrrole nitrogens is 1. The van der Waals surface area contributed by atoms with Gasteiger partial charge in [0.05, 0.1) is 5.75 Å². The average Bonchev–Trinajstić information content (AvgIpc) is 3.32. The predicted octanol–water partition coefficient (Wildman–Crippen LogP) is 3.07. The smallest absolute Gasteiger partial charge is 0.230 e. The van der Waals surface area contributed by atoms with Gasteiger partial charge >= 0.3 is 0 Å². The lowest BCUT2D eigenvalue weighted by atomic mass is 10.3. The molecule has 0 saturated carbocycles. The highest BCUT2D eigenvalue weighted by molar-refractivity contribution is 7.99. The van der Waals surface area contributed by atoms with Gasteiger partial charge in [-0.25, -0.2) is 4.98 Å². The molecule has 3 aromatic rings. The third-order valence-electron chi connectivity index (χ3n) is 3.14. The normalized spacial score (nSPS) is 10.7. The van der Waals surface area contributed by atoms with Gasteiger partial charge in [-0.15, -0.1) is 16.4 Å². The van der Waals surface area contributed by atoms with Crippen molar-refractivity contribution in [2.75, 3.05) is 18.1 Å². The second-order valence-corrected chi connectivity index (χ2v) is 8.05. The second-order valence-electron chi connectivity index (χ2n) is 4.97. The quantitative estimate of drug-likeness (QED) is 0.431. The van der Waals surface area contributed by atoms with Gasteiger partial charge in [0, 0.05) is 40.9 Å². The lowest BCUT2D eigenvalue weighted by Crippen LogP contribution is -2.27. The van der Waals surface area contributed by atoms with Crippen LogP contribution >= 0.6 is 34.9 Å². The number of nitrogens with one attached hydrogen (secondary N) is 2. The first-order valence-corrected chi connectivity index (χ1v) is 10.7. The number of thioether (sulfide) groups is 2. The van der Waals surface area contributed by atoms with Crippen LogP contribution in [0.1, 0.15) is 4.88 Å². The predicted molar refractivity (Wildman–Crippen MR) is 104 cm³/mol. The van der Waals surface area contributed by atoms with Crippen molar-refractivity contribution in [1.82, 2.24) is 25.5 Å². The van der Waals surface area contributed by atoms with Crippen molar-refractivity contribution in [1.29, 1.82) is 0 Å². The molecule has 6 nitrogen and oxygen atoms in total. The summed E-state index contributed by atoms with van der Waals surface area (Å²) in [6, 6.07) is 7.90. The molecule has 3 aromatic heterocycles. The van der Waals surface area contributed by atoms with Crippen molar-refractivity contribution >= 4 is 40.8 Å². The molecule has 130 valence electrons. The zero-order valence-corrected chi connectivity index (χ0v) is 15.8. The molecule has 0 aliphatic rings. The Balaban J connectivity index is 1.33. The number of thiophene rings is 1. The topological polar surface area (TPSA) is 83.6 Å².